The molecule has 1 heterocycles. The van der Waals surface area contributed by atoms with Gasteiger partial charge < -0.3 is 20.1 Å². The molecule has 0 atom stereocenters. The zero-order valence-electron chi connectivity index (χ0n) is 13.5. The number of nitrogens with zero attached hydrogens (tertiary/aromatic N) is 1. The van der Waals surface area contributed by atoms with Gasteiger partial charge in [0.15, 0.2) is 11.5 Å². The van der Waals surface area contributed by atoms with Gasteiger partial charge in [-0.2, -0.15) is 0 Å². The Morgan fingerprint density at radius 2 is 2.17 bits per heavy atom. The van der Waals surface area contributed by atoms with Crippen molar-refractivity contribution in [3.8, 4) is 11.5 Å². The second-order valence-corrected chi connectivity index (χ2v) is 5.73. The molecule has 0 saturated carbocycles. The predicted molar refractivity (Wildman–Crippen MR) is 86.4 cm³/mol. The number of ether oxygens (including phenoxy) is 1. The Bertz CT molecular complexity index is 560. The van der Waals surface area contributed by atoms with Crippen molar-refractivity contribution in [2.45, 2.75) is 32.1 Å². The first-order valence-electron chi connectivity index (χ1n) is 8.00. The number of hydrogen-bond acceptors (Lipinski definition) is 4. The first-order valence-corrected chi connectivity index (χ1v) is 8.00. The van der Waals surface area contributed by atoms with Gasteiger partial charge in [0.05, 0.1) is 13.7 Å². The average molecular weight is 320 g/mol. The van der Waals surface area contributed by atoms with E-state index in [2.05, 4.69) is 5.32 Å². The summed E-state index contributed by atoms with van der Waals surface area (Å²) in [4.78, 5) is 25.5. The fraction of sp³-hybridized carbons (Fsp3) is 0.529. The van der Waals surface area contributed by atoms with E-state index in [1.165, 1.54) is 7.11 Å². The number of nitrogens with one attached hydrogen (secondary N) is 1. The van der Waals surface area contributed by atoms with Gasteiger partial charge in [-0.1, -0.05) is 12.5 Å². The van der Waals surface area contributed by atoms with Crippen molar-refractivity contribution in [2.24, 2.45) is 0 Å². The lowest BCUT2D eigenvalue weighted by Gasteiger charge is -2.19. The third-order valence-electron chi connectivity index (χ3n) is 3.99. The van der Waals surface area contributed by atoms with Crippen LogP contribution in [0, 0.1) is 0 Å². The number of methoxy groups -OCH3 is 1. The van der Waals surface area contributed by atoms with Crippen LogP contribution in [-0.4, -0.2) is 48.6 Å². The lowest BCUT2D eigenvalue weighted by molar-refractivity contribution is -0.135. The lowest BCUT2D eigenvalue weighted by atomic mass is 10.1. The molecule has 0 aromatic heterocycles. The van der Waals surface area contributed by atoms with Crippen LogP contribution in [0.2, 0.25) is 0 Å². The molecule has 2 rings (SSSR count). The van der Waals surface area contributed by atoms with Crippen LogP contribution >= 0.6 is 0 Å². The van der Waals surface area contributed by atoms with Gasteiger partial charge in [-0.05, 0) is 37.0 Å². The second-order valence-electron chi connectivity index (χ2n) is 5.73. The summed E-state index contributed by atoms with van der Waals surface area (Å²) in [5.41, 5.74) is 0.964. The number of phenols is 1. The van der Waals surface area contributed by atoms with Gasteiger partial charge in [-0.15, -0.1) is 0 Å². The minimum absolute atomic E-state index is 0.0703. The highest BCUT2D eigenvalue weighted by Gasteiger charge is 2.18. The molecule has 0 bridgehead atoms. The second kappa shape index (κ2) is 8.41. The fourth-order valence-corrected chi connectivity index (χ4v) is 2.66. The van der Waals surface area contributed by atoms with Crippen LogP contribution in [0.3, 0.4) is 0 Å². The smallest absolute Gasteiger partial charge is 0.239 e. The van der Waals surface area contributed by atoms with Crippen molar-refractivity contribution in [1.82, 2.24) is 10.2 Å². The summed E-state index contributed by atoms with van der Waals surface area (Å²) in [7, 11) is 1.50. The molecule has 0 unspecified atom stereocenters. The van der Waals surface area contributed by atoms with Gasteiger partial charge in [0, 0.05) is 19.5 Å². The molecule has 1 fully saturated rings. The van der Waals surface area contributed by atoms with E-state index in [9.17, 15) is 14.7 Å². The molecule has 0 aliphatic carbocycles. The summed E-state index contributed by atoms with van der Waals surface area (Å²) >= 11 is 0. The number of likely N-dealkylation sites (tertiary alicyclic amines) is 1. The summed E-state index contributed by atoms with van der Waals surface area (Å²) in [5, 5.41) is 12.4. The standard InChI is InChI=1S/C17H24N2O4/c1-23-15-11-13(6-7-14(15)20)8-9-18-16(21)12-19-10-4-2-3-5-17(19)22/h6-7,11,20H,2-5,8-10,12H2,1H3,(H,18,21). The molecule has 2 N–H and O–H groups in total. The highest BCUT2D eigenvalue weighted by atomic mass is 16.5. The number of benzene rings is 1. The van der Waals surface area contributed by atoms with Crippen molar-refractivity contribution in [3.63, 3.8) is 0 Å². The number of hydrogen-bond donors (Lipinski definition) is 2. The maximum absolute atomic E-state index is 12.0. The summed E-state index contributed by atoms with van der Waals surface area (Å²) in [6, 6.07) is 5.12. The van der Waals surface area contributed by atoms with Crippen molar-refractivity contribution >= 4 is 11.8 Å². The minimum atomic E-state index is -0.133. The van der Waals surface area contributed by atoms with Crippen LogP contribution in [-0.2, 0) is 16.0 Å². The molecule has 1 aromatic rings. The van der Waals surface area contributed by atoms with Gasteiger partial charge in [0.2, 0.25) is 11.8 Å². The average Bonchev–Trinajstić information content (AvgIpc) is 2.74. The van der Waals surface area contributed by atoms with Crippen LogP contribution in [0.25, 0.3) is 0 Å². The highest BCUT2D eigenvalue weighted by molar-refractivity contribution is 5.84. The van der Waals surface area contributed by atoms with E-state index in [0.717, 1.165) is 24.8 Å². The molecule has 1 saturated heterocycles. The molecule has 126 valence electrons. The van der Waals surface area contributed by atoms with Crippen molar-refractivity contribution in [3.05, 3.63) is 23.8 Å². The summed E-state index contributed by atoms with van der Waals surface area (Å²) in [6.45, 7) is 1.29. The third kappa shape index (κ3) is 5.16. The van der Waals surface area contributed by atoms with Crippen molar-refractivity contribution in [2.75, 3.05) is 26.7 Å². The molecule has 23 heavy (non-hydrogen) atoms. The van der Waals surface area contributed by atoms with Gasteiger partial charge in [-0.3, -0.25) is 9.59 Å². The monoisotopic (exact) mass is 320 g/mol. The van der Waals surface area contributed by atoms with E-state index >= 15 is 0 Å². The van der Waals surface area contributed by atoms with Crippen LogP contribution in [0.5, 0.6) is 11.5 Å². The van der Waals surface area contributed by atoms with E-state index in [1.54, 1.807) is 23.1 Å². The SMILES string of the molecule is COc1cc(CCNC(=O)CN2CCCCCC2=O)ccc1O. The maximum Gasteiger partial charge on any atom is 0.239 e. The number of aromatic hydroxyl groups is 1. The largest absolute Gasteiger partial charge is 0.504 e. The highest BCUT2D eigenvalue weighted by Crippen LogP contribution is 2.26. The normalized spacial score (nSPS) is 15.2. The molecule has 0 radical (unpaired) electrons. The molecule has 6 nitrogen and oxygen atoms in total. The molecule has 2 amide bonds. The summed E-state index contributed by atoms with van der Waals surface area (Å²) < 4.78 is 5.06. The van der Waals surface area contributed by atoms with E-state index in [4.69, 9.17) is 4.74 Å². The van der Waals surface area contributed by atoms with Gasteiger partial charge in [-0.25, -0.2) is 0 Å². The molecule has 1 aromatic carbocycles. The Morgan fingerprint density at radius 3 is 2.96 bits per heavy atom. The molecule has 6 heteroatoms. The Morgan fingerprint density at radius 1 is 1.35 bits per heavy atom. The number of rotatable bonds is 6. The van der Waals surface area contributed by atoms with Crippen LogP contribution < -0.4 is 10.1 Å². The van der Waals surface area contributed by atoms with Gasteiger partial charge in [0.1, 0.15) is 0 Å². The van der Waals surface area contributed by atoms with E-state index in [0.29, 0.717) is 31.7 Å². The van der Waals surface area contributed by atoms with Crippen LogP contribution in [0.4, 0.5) is 0 Å². The van der Waals surface area contributed by atoms with E-state index < -0.39 is 0 Å². The Balaban J connectivity index is 1.77. The minimum Gasteiger partial charge on any atom is -0.504 e. The summed E-state index contributed by atoms with van der Waals surface area (Å²) in [5.74, 6) is 0.455. The predicted octanol–water partition coefficient (Wildman–Crippen LogP) is 1.46. The quantitative estimate of drug-likeness (QED) is 0.832. The molecule has 1 aliphatic rings. The Labute approximate surface area is 136 Å². The zero-order valence-corrected chi connectivity index (χ0v) is 13.5. The van der Waals surface area contributed by atoms with Crippen LogP contribution in [0.1, 0.15) is 31.2 Å². The van der Waals surface area contributed by atoms with Crippen molar-refractivity contribution in [1.29, 1.82) is 0 Å². The molecule has 1 aliphatic heterocycles. The topological polar surface area (TPSA) is 78.9 Å². The number of amides is 2. The fourth-order valence-electron chi connectivity index (χ4n) is 2.66. The van der Waals surface area contributed by atoms with E-state index in [1.807, 2.05) is 0 Å². The lowest BCUT2D eigenvalue weighted by Crippen LogP contribution is -2.41. The van der Waals surface area contributed by atoms with Crippen LogP contribution in [0.15, 0.2) is 18.2 Å². The molecule has 0 spiro atoms. The first kappa shape index (κ1) is 17.1. The third-order valence-corrected chi connectivity index (χ3v) is 3.99. The zero-order chi connectivity index (χ0) is 16.7. The Kier molecular flexibility index (Phi) is 6.26. The number of phenolic OH excluding ortho intramolecular Hbond substituents is 1. The van der Waals surface area contributed by atoms with E-state index in [-0.39, 0.29) is 24.1 Å². The first-order chi connectivity index (χ1) is 11.1. The number of carbonyl (C=O) groups excluding carboxylic acids is 2. The summed E-state index contributed by atoms with van der Waals surface area (Å²) in [6.07, 6.45) is 4.11. The molecular weight excluding hydrogens is 296 g/mol. The Hall–Kier alpha value is -2.24. The molecular formula is C17H24N2O4. The maximum atomic E-state index is 12.0. The number of carbonyl (C=O) groups is 2. The van der Waals surface area contributed by atoms with Gasteiger partial charge in [0.25, 0.3) is 0 Å². The van der Waals surface area contributed by atoms with Crippen molar-refractivity contribution < 1.29 is 19.4 Å². The van der Waals surface area contributed by atoms with Gasteiger partial charge >= 0.3 is 0 Å².